The van der Waals surface area contributed by atoms with Crippen molar-refractivity contribution in [3.8, 4) is 0 Å². The van der Waals surface area contributed by atoms with Gasteiger partial charge in [0.05, 0.1) is 22.7 Å². The van der Waals surface area contributed by atoms with E-state index >= 15 is 0 Å². The number of nitro benzene ring substituents is 1. The fourth-order valence-corrected chi connectivity index (χ4v) is 1.88. The molecule has 2 rings (SSSR count). The van der Waals surface area contributed by atoms with Crippen LogP contribution in [0.15, 0.2) is 28.8 Å². The Balaban J connectivity index is 2.13. The van der Waals surface area contributed by atoms with Gasteiger partial charge in [-0.15, -0.1) is 0 Å². The number of carbonyl (C=O) groups excluding carboxylic acids is 1. The molecule has 104 valence electrons. The highest BCUT2D eigenvalue weighted by Gasteiger charge is 2.19. The van der Waals surface area contributed by atoms with Crippen molar-refractivity contribution in [3.63, 3.8) is 0 Å². The highest BCUT2D eigenvalue weighted by molar-refractivity contribution is 6.35. The van der Waals surface area contributed by atoms with Crippen LogP contribution in [0.1, 0.15) is 21.8 Å². The van der Waals surface area contributed by atoms with Gasteiger partial charge < -0.3 is 9.84 Å². The Morgan fingerprint density at radius 2 is 2.30 bits per heavy atom. The molecule has 0 atom stereocenters. The number of nitrogens with one attached hydrogen (secondary N) is 1. The Kier molecular flexibility index (Phi) is 3.99. The molecule has 1 aromatic heterocycles. The number of hydrogen-bond donors (Lipinski definition) is 1. The van der Waals surface area contributed by atoms with E-state index in [2.05, 4.69) is 10.5 Å². The Hall–Kier alpha value is -2.41. The maximum atomic E-state index is 11.9. The Bertz CT molecular complexity index is 668. The second kappa shape index (κ2) is 5.70. The first-order valence-electron chi connectivity index (χ1n) is 5.62. The normalized spacial score (nSPS) is 10.3. The van der Waals surface area contributed by atoms with Gasteiger partial charge in [-0.3, -0.25) is 14.9 Å². The van der Waals surface area contributed by atoms with E-state index in [0.29, 0.717) is 11.5 Å². The van der Waals surface area contributed by atoms with Gasteiger partial charge in [0.25, 0.3) is 11.6 Å². The number of benzene rings is 1. The van der Waals surface area contributed by atoms with E-state index in [1.54, 1.807) is 13.0 Å². The third kappa shape index (κ3) is 2.94. The molecule has 8 heteroatoms. The van der Waals surface area contributed by atoms with Gasteiger partial charge in [0.15, 0.2) is 5.76 Å². The minimum atomic E-state index is -0.640. The lowest BCUT2D eigenvalue weighted by atomic mass is 10.2. The molecule has 0 saturated carbocycles. The molecule has 0 saturated heterocycles. The van der Waals surface area contributed by atoms with E-state index in [0.717, 1.165) is 0 Å². The van der Waals surface area contributed by atoms with Gasteiger partial charge in [0.1, 0.15) is 5.02 Å². The maximum absolute atomic E-state index is 11.9. The molecule has 2 aromatic rings. The Morgan fingerprint density at radius 1 is 1.55 bits per heavy atom. The first-order chi connectivity index (χ1) is 9.49. The van der Waals surface area contributed by atoms with Gasteiger partial charge in [-0.1, -0.05) is 22.8 Å². The Morgan fingerprint density at radius 3 is 2.90 bits per heavy atom. The fourth-order valence-electron chi connectivity index (χ4n) is 1.60. The summed E-state index contributed by atoms with van der Waals surface area (Å²) in [7, 11) is 0. The van der Waals surface area contributed by atoms with Crippen molar-refractivity contribution < 1.29 is 14.2 Å². The van der Waals surface area contributed by atoms with Crippen LogP contribution in [0.2, 0.25) is 5.02 Å². The minimum Gasteiger partial charge on any atom is -0.359 e. The number of nitro groups is 1. The third-order valence-corrected chi connectivity index (χ3v) is 2.92. The number of hydrogen-bond acceptors (Lipinski definition) is 5. The van der Waals surface area contributed by atoms with Gasteiger partial charge in [0, 0.05) is 12.1 Å². The summed E-state index contributed by atoms with van der Waals surface area (Å²) < 4.78 is 4.94. The van der Waals surface area contributed by atoms with Crippen molar-refractivity contribution in [2.45, 2.75) is 13.5 Å². The molecule has 7 nitrogen and oxygen atoms in total. The predicted molar refractivity (Wildman–Crippen MR) is 70.5 cm³/mol. The topological polar surface area (TPSA) is 98.3 Å². The van der Waals surface area contributed by atoms with Crippen LogP contribution >= 0.6 is 11.6 Å². The molecule has 0 aliphatic heterocycles. The van der Waals surface area contributed by atoms with Gasteiger partial charge in [-0.25, -0.2) is 0 Å². The molecule has 20 heavy (non-hydrogen) atoms. The molecule has 0 aliphatic rings. The summed E-state index contributed by atoms with van der Waals surface area (Å²) in [6.07, 6.45) is 0. The summed E-state index contributed by atoms with van der Waals surface area (Å²) in [5.74, 6) is -0.0369. The van der Waals surface area contributed by atoms with Crippen molar-refractivity contribution in [2.24, 2.45) is 0 Å². The largest absolute Gasteiger partial charge is 0.359 e. The number of rotatable bonds is 4. The van der Waals surface area contributed by atoms with Crippen molar-refractivity contribution in [1.82, 2.24) is 10.5 Å². The summed E-state index contributed by atoms with van der Waals surface area (Å²) in [6, 6.07) is 5.72. The quantitative estimate of drug-likeness (QED) is 0.690. The monoisotopic (exact) mass is 295 g/mol. The third-order valence-electron chi connectivity index (χ3n) is 2.52. The minimum absolute atomic E-state index is 0.0390. The van der Waals surface area contributed by atoms with E-state index in [1.165, 1.54) is 18.2 Å². The molecular weight excluding hydrogens is 286 g/mol. The van der Waals surface area contributed by atoms with Crippen LogP contribution in [-0.4, -0.2) is 16.0 Å². The van der Waals surface area contributed by atoms with Crippen LogP contribution in [0.5, 0.6) is 0 Å². The molecule has 0 bridgehead atoms. The summed E-state index contributed by atoms with van der Waals surface area (Å²) >= 11 is 5.85. The molecule has 0 aliphatic carbocycles. The molecule has 1 heterocycles. The lowest BCUT2D eigenvalue weighted by Crippen LogP contribution is -2.23. The van der Waals surface area contributed by atoms with E-state index in [4.69, 9.17) is 16.1 Å². The van der Waals surface area contributed by atoms with E-state index < -0.39 is 10.8 Å². The standard InChI is InChI=1S/C12H10ClN3O4/c1-7-5-8(20-15-7)6-14-12(17)9-3-2-4-10(11(9)13)16(18)19/h2-5H,6H2,1H3,(H,14,17). The average Bonchev–Trinajstić information content (AvgIpc) is 2.81. The Labute approximate surface area is 118 Å². The second-order valence-electron chi connectivity index (χ2n) is 4.01. The van der Waals surface area contributed by atoms with Crippen molar-refractivity contribution in [1.29, 1.82) is 0 Å². The molecule has 0 fully saturated rings. The summed E-state index contributed by atoms with van der Waals surface area (Å²) in [4.78, 5) is 22.0. The number of aryl methyl sites for hydroxylation is 1. The molecule has 0 radical (unpaired) electrons. The van der Waals surface area contributed by atoms with Crippen LogP contribution in [0.3, 0.4) is 0 Å². The zero-order valence-electron chi connectivity index (χ0n) is 10.4. The van der Waals surface area contributed by atoms with E-state index in [-0.39, 0.29) is 22.8 Å². The molecular formula is C12H10ClN3O4. The first kappa shape index (κ1) is 14.0. The number of amides is 1. The van der Waals surface area contributed by atoms with Gasteiger partial charge in [-0.2, -0.15) is 0 Å². The van der Waals surface area contributed by atoms with Crippen LogP contribution in [0.25, 0.3) is 0 Å². The lowest BCUT2D eigenvalue weighted by molar-refractivity contribution is -0.384. The van der Waals surface area contributed by atoms with Crippen molar-refractivity contribution in [3.05, 3.63) is 56.4 Å². The highest BCUT2D eigenvalue weighted by Crippen LogP contribution is 2.27. The van der Waals surface area contributed by atoms with Crippen LogP contribution in [0, 0.1) is 17.0 Å². The van der Waals surface area contributed by atoms with Gasteiger partial charge in [-0.05, 0) is 13.0 Å². The predicted octanol–water partition coefficient (Wildman–Crippen LogP) is 2.47. The molecule has 1 N–H and O–H groups in total. The molecule has 1 amide bonds. The lowest BCUT2D eigenvalue weighted by Gasteiger charge is -2.05. The summed E-state index contributed by atoms with van der Waals surface area (Å²) in [6.45, 7) is 1.88. The summed E-state index contributed by atoms with van der Waals surface area (Å²) in [5.41, 5.74) is 0.426. The number of halogens is 1. The SMILES string of the molecule is Cc1cc(CNC(=O)c2cccc([N+](=O)[O-])c2Cl)on1. The molecule has 0 spiro atoms. The van der Waals surface area contributed by atoms with E-state index in [9.17, 15) is 14.9 Å². The smallest absolute Gasteiger partial charge is 0.288 e. The maximum Gasteiger partial charge on any atom is 0.288 e. The van der Waals surface area contributed by atoms with E-state index in [1.807, 2.05) is 0 Å². The summed E-state index contributed by atoms with van der Waals surface area (Å²) in [5, 5.41) is 16.8. The number of nitrogens with zero attached hydrogens (tertiary/aromatic N) is 2. The van der Waals surface area contributed by atoms with Crippen LogP contribution in [-0.2, 0) is 6.54 Å². The van der Waals surface area contributed by atoms with Crippen molar-refractivity contribution in [2.75, 3.05) is 0 Å². The van der Waals surface area contributed by atoms with Crippen LogP contribution in [0.4, 0.5) is 5.69 Å². The van der Waals surface area contributed by atoms with Gasteiger partial charge >= 0.3 is 0 Å². The van der Waals surface area contributed by atoms with Gasteiger partial charge in [0.2, 0.25) is 0 Å². The fraction of sp³-hybridized carbons (Fsp3) is 0.167. The second-order valence-corrected chi connectivity index (χ2v) is 4.39. The molecule has 0 unspecified atom stereocenters. The number of carbonyl (C=O) groups is 1. The zero-order chi connectivity index (χ0) is 14.7. The van der Waals surface area contributed by atoms with Crippen molar-refractivity contribution >= 4 is 23.2 Å². The number of aromatic nitrogens is 1. The average molecular weight is 296 g/mol. The first-order valence-corrected chi connectivity index (χ1v) is 6.00. The highest BCUT2D eigenvalue weighted by atomic mass is 35.5. The van der Waals surface area contributed by atoms with Crippen LogP contribution < -0.4 is 5.32 Å². The molecule has 1 aromatic carbocycles. The zero-order valence-corrected chi connectivity index (χ0v) is 11.2.